The van der Waals surface area contributed by atoms with Gasteiger partial charge in [0, 0.05) is 25.6 Å². The normalized spacial score (nSPS) is 18.0. The monoisotopic (exact) mass is 563 g/mol. The number of H-pyrrole nitrogens is 1. The van der Waals surface area contributed by atoms with E-state index in [1.54, 1.807) is 9.47 Å². The third kappa shape index (κ3) is 5.38. The van der Waals surface area contributed by atoms with E-state index >= 15 is 0 Å². The predicted octanol–water partition coefficient (Wildman–Crippen LogP) is 3.40. The van der Waals surface area contributed by atoms with Gasteiger partial charge in [-0.15, -0.1) is 0 Å². The number of hydroxylamine groups is 1. The van der Waals surface area contributed by atoms with Crippen LogP contribution in [0, 0.1) is 5.82 Å². The summed E-state index contributed by atoms with van der Waals surface area (Å²) in [7, 11) is 0. The molecule has 0 aliphatic carbocycles. The predicted molar refractivity (Wildman–Crippen MR) is 134 cm³/mol. The SMILES string of the molecule is O=C1NC(CCCC(=O)N2CCC(n3c(=O)[nH]c4cc(F)ccc43)CC2)N(OC(=O)C(F)(F)F)c2ccccc21. The summed E-state index contributed by atoms with van der Waals surface area (Å²) >= 11 is 0. The van der Waals surface area contributed by atoms with Crippen LogP contribution in [0.4, 0.5) is 23.2 Å². The van der Waals surface area contributed by atoms with Crippen LogP contribution in [-0.4, -0.2) is 57.7 Å². The average Bonchev–Trinajstić information content (AvgIpc) is 3.24. The number of hydrogen-bond acceptors (Lipinski definition) is 6. The molecule has 0 spiro atoms. The molecular formula is C26H25F4N5O5. The third-order valence-electron chi connectivity index (χ3n) is 7.11. The highest BCUT2D eigenvalue weighted by molar-refractivity contribution is 6.02. The highest BCUT2D eigenvalue weighted by atomic mass is 19.4. The molecule has 3 heterocycles. The Labute approximate surface area is 224 Å². The van der Waals surface area contributed by atoms with Gasteiger partial charge in [0.15, 0.2) is 0 Å². The number of para-hydroxylation sites is 1. The number of imidazole rings is 1. The molecule has 2 amide bonds. The Kier molecular flexibility index (Phi) is 7.25. The van der Waals surface area contributed by atoms with Gasteiger partial charge in [0.2, 0.25) is 5.91 Å². The number of likely N-dealkylation sites (tertiary alicyclic amines) is 1. The first kappa shape index (κ1) is 27.2. The minimum atomic E-state index is -5.24. The second-order valence-corrected chi connectivity index (χ2v) is 9.67. The van der Waals surface area contributed by atoms with Crippen molar-refractivity contribution in [1.29, 1.82) is 0 Å². The van der Waals surface area contributed by atoms with E-state index in [0.29, 0.717) is 37.0 Å². The summed E-state index contributed by atoms with van der Waals surface area (Å²) < 4.78 is 53.8. The fourth-order valence-electron chi connectivity index (χ4n) is 5.20. The topological polar surface area (TPSA) is 117 Å². The van der Waals surface area contributed by atoms with E-state index in [1.165, 1.54) is 42.5 Å². The van der Waals surface area contributed by atoms with Crippen molar-refractivity contribution < 1.29 is 36.8 Å². The Balaban J connectivity index is 1.19. The number of carbonyl (C=O) groups is 3. The molecule has 0 saturated carbocycles. The number of halogens is 4. The first-order chi connectivity index (χ1) is 19.0. The molecule has 1 saturated heterocycles. The number of aromatic nitrogens is 2. The number of benzene rings is 2. The Morgan fingerprint density at radius 3 is 2.50 bits per heavy atom. The van der Waals surface area contributed by atoms with Crippen molar-refractivity contribution in [2.45, 2.75) is 50.5 Å². The number of hydrogen-bond donors (Lipinski definition) is 2. The van der Waals surface area contributed by atoms with E-state index in [9.17, 15) is 36.7 Å². The molecule has 2 aliphatic heterocycles. The van der Waals surface area contributed by atoms with E-state index in [0.717, 1.165) is 5.06 Å². The molecule has 40 heavy (non-hydrogen) atoms. The smallest absolute Gasteiger partial charge is 0.343 e. The van der Waals surface area contributed by atoms with Crippen LogP contribution < -0.4 is 16.1 Å². The van der Waals surface area contributed by atoms with Gasteiger partial charge < -0.3 is 20.0 Å². The summed E-state index contributed by atoms with van der Waals surface area (Å²) in [6.07, 6.45) is -5.05. The minimum absolute atomic E-state index is 0.0116. The third-order valence-corrected chi connectivity index (χ3v) is 7.11. The van der Waals surface area contributed by atoms with Gasteiger partial charge in [0.25, 0.3) is 5.91 Å². The maximum absolute atomic E-state index is 13.5. The number of carbonyl (C=O) groups excluding carboxylic acids is 3. The van der Waals surface area contributed by atoms with Gasteiger partial charge in [-0.25, -0.2) is 14.0 Å². The fourth-order valence-corrected chi connectivity index (χ4v) is 5.20. The van der Waals surface area contributed by atoms with E-state index in [2.05, 4.69) is 15.1 Å². The Bertz CT molecular complexity index is 1510. The fraction of sp³-hybridized carbons (Fsp3) is 0.385. The molecule has 14 heteroatoms. The Morgan fingerprint density at radius 1 is 1.05 bits per heavy atom. The lowest BCUT2D eigenvalue weighted by molar-refractivity contribution is -0.202. The largest absolute Gasteiger partial charge is 0.493 e. The number of alkyl halides is 3. The summed E-state index contributed by atoms with van der Waals surface area (Å²) in [6.45, 7) is 0.763. The van der Waals surface area contributed by atoms with E-state index < -0.39 is 30.0 Å². The zero-order valence-electron chi connectivity index (χ0n) is 21.0. The van der Waals surface area contributed by atoms with Gasteiger partial charge in [0.05, 0.1) is 22.3 Å². The lowest BCUT2D eigenvalue weighted by atomic mass is 10.0. The van der Waals surface area contributed by atoms with Crippen LogP contribution >= 0.6 is 0 Å². The molecule has 1 unspecified atom stereocenters. The molecule has 1 fully saturated rings. The number of anilines is 1. The number of aromatic amines is 1. The molecule has 2 aliphatic rings. The van der Waals surface area contributed by atoms with Crippen LogP contribution in [-0.2, 0) is 14.4 Å². The van der Waals surface area contributed by atoms with Crippen LogP contribution in [0.1, 0.15) is 48.5 Å². The van der Waals surface area contributed by atoms with Crippen LogP contribution in [0.3, 0.4) is 0 Å². The molecule has 0 bridgehead atoms. The quantitative estimate of drug-likeness (QED) is 0.444. The highest BCUT2D eigenvalue weighted by Crippen LogP contribution is 2.31. The zero-order chi connectivity index (χ0) is 28.6. The van der Waals surface area contributed by atoms with Crippen molar-refractivity contribution in [2.24, 2.45) is 0 Å². The molecule has 5 rings (SSSR count). The van der Waals surface area contributed by atoms with Crippen molar-refractivity contribution in [3.63, 3.8) is 0 Å². The van der Waals surface area contributed by atoms with E-state index in [1.807, 2.05) is 0 Å². The molecule has 2 aromatic carbocycles. The maximum Gasteiger partial charge on any atom is 0.493 e. The van der Waals surface area contributed by atoms with Crippen molar-refractivity contribution in [1.82, 2.24) is 19.8 Å². The molecule has 1 atom stereocenters. The van der Waals surface area contributed by atoms with Crippen molar-refractivity contribution in [2.75, 3.05) is 18.2 Å². The van der Waals surface area contributed by atoms with Gasteiger partial charge in [-0.2, -0.15) is 18.2 Å². The number of fused-ring (bicyclic) bond motifs is 2. The van der Waals surface area contributed by atoms with Gasteiger partial charge in [0.1, 0.15) is 12.0 Å². The Morgan fingerprint density at radius 2 is 1.77 bits per heavy atom. The second-order valence-electron chi connectivity index (χ2n) is 9.67. The molecule has 10 nitrogen and oxygen atoms in total. The van der Waals surface area contributed by atoms with Gasteiger partial charge in [-0.05, 0) is 56.0 Å². The summed E-state index contributed by atoms with van der Waals surface area (Å²) in [5.74, 6) is -3.61. The molecule has 2 N–H and O–H groups in total. The van der Waals surface area contributed by atoms with Gasteiger partial charge in [-0.3, -0.25) is 14.2 Å². The first-order valence-electron chi connectivity index (χ1n) is 12.7. The van der Waals surface area contributed by atoms with E-state index in [4.69, 9.17) is 0 Å². The molecule has 3 aromatic rings. The van der Waals surface area contributed by atoms with Gasteiger partial charge in [-0.1, -0.05) is 12.1 Å². The minimum Gasteiger partial charge on any atom is -0.343 e. The summed E-state index contributed by atoms with van der Waals surface area (Å²) in [5.41, 5.74) is 0.695. The lowest BCUT2D eigenvalue weighted by Crippen LogP contribution is -2.54. The average molecular weight is 564 g/mol. The standard InChI is InChI=1S/C26H25F4N5O5/c27-15-8-9-20-18(14-15)31-25(39)34(20)16-10-12-33(13-11-16)22(36)7-3-6-21-32-23(37)17-4-1-2-5-19(17)35(21)40-24(38)26(28,29)30/h1-2,4-5,8-9,14,16,21H,3,6-7,10-13H2,(H,31,39)(H,32,37). The number of nitrogens with one attached hydrogen (secondary N) is 2. The highest BCUT2D eigenvalue weighted by Gasteiger charge is 2.45. The molecule has 212 valence electrons. The Hall–Kier alpha value is -4.36. The number of rotatable bonds is 6. The van der Waals surface area contributed by atoms with Crippen LogP contribution in [0.15, 0.2) is 47.3 Å². The summed E-state index contributed by atoms with van der Waals surface area (Å²) in [5, 5.41) is 3.27. The van der Waals surface area contributed by atoms with E-state index in [-0.39, 0.29) is 48.2 Å². The summed E-state index contributed by atoms with van der Waals surface area (Å²) in [6, 6.07) is 9.69. The molecule has 1 aromatic heterocycles. The van der Waals surface area contributed by atoms with Crippen molar-refractivity contribution >= 4 is 34.5 Å². The number of nitrogens with zero attached hydrogens (tertiary/aromatic N) is 3. The van der Waals surface area contributed by atoms with Crippen molar-refractivity contribution in [3.8, 4) is 0 Å². The summed E-state index contributed by atoms with van der Waals surface area (Å²) in [4.78, 5) is 58.3. The number of piperidine rings is 1. The zero-order valence-corrected chi connectivity index (χ0v) is 21.0. The number of amides is 2. The first-order valence-corrected chi connectivity index (χ1v) is 12.7. The maximum atomic E-state index is 13.5. The van der Waals surface area contributed by atoms with Crippen LogP contribution in [0.2, 0.25) is 0 Å². The molecular weight excluding hydrogens is 538 g/mol. The van der Waals surface area contributed by atoms with Crippen LogP contribution in [0.5, 0.6) is 0 Å². The molecule has 0 radical (unpaired) electrons. The van der Waals surface area contributed by atoms with Gasteiger partial charge >= 0.3 is 17.8 Å². The second kappa shape index (κ2) is 10.7. The van der Waals surface area contributed by atoms with Crippen LogP contribution in [0.25, 0.3) is 11.0 Å². The lowest BCUT2D eigenvalue weighted by Gasteiger charge is -2.37. The van der Waals surface area contributed by atoms with Crippen molar-refractivity contribution in [3.05, 3.63) is 64.3 Å².